The van der Waals surface area contributed by atoms with Crippen LogP contribution < -0.4 is 20.1 Å². The van der Waals surface area contributed by atoms with Gasteiger partial charge in [-0.25, -0.2) is 0 Å². The number of anilines is 2. The number of hydrogen-bond donors (Lipinski definition) is 2. The molecular formula is C23H17N3O4. The van der Waals surface area contributed by atoms with Gasteiger partial charge in [-0.15, -0.1) is 0 Å². The molecule has 0 saturated heterocycles. The first kappa shape index (κ1) is 19.0. The minimum atomic E-state index is -0.364. The van der Waals surface area contributed by atoms with Gasteiger partial charge in [-0.05, 0) is 48.5 Å². The van der Waals surface area contributed by atoms with Crippen molar-refractivity contribution < 1.29 is 19.1 Å². The number of fused-ring (bicyclic) bond motifs is 1. The number of carbonyl (C=O) groups excluding carboxylic acids is 2. The average Bonchev–Trinajstić information content (AvgIpc) is 2.79. The van der Waals surface area contributed by atoms with Crippen LogP contribution in [-0.4, -0.2) is 25.0 Å². The third kappa shape index (κ3) is 4.08. The minimum Gasteiger partial charge on any atom is -0.486 e. The van der Waals surface area contributed by atoms with Gasteiger partial charge in [-0.2, -0.15) is 5.26 Å². The summed E-state index contributed by atoms with van der Waals surface area (Å²) in [7, 11) is 0. The van der Waals surface area contributed by atoms with Crippen LogP contribution in [0.1, 0.15) is 26.3 Å². The zero-order valence-electron chi connectivity index (χ0n) is 15.8. The molecule has 0 bridgehead atoms. The van der Waals surface area contributed by atoms with Crippen LogP contribution in [0, 0.1) is 11.3 Å². The Hall–Kier alpha value is -4.31. The first-order chi connectivity index (χ1) is 14.6. The largest absolute Gasteiger partial charge is 0.486 e. The van der Waals surface area contributed by atoms with Crippen molar-refractivity contribution in [2.24, 2.45) is 0 Å². The van der Waals surface area contributed by atoms with Gasteiger partial charge in [0.2, 0.25) is 0 Å². The van der Waals surface area contributed by atoms with Gasteiger partial charge >= 0.3 is 0 Å². The van der Waals surface area contributed by atoms with Crippen LogP contribution in [0.4, 0.5) is 11.4 Å². The number of rotatable bonds is 4. The van der Waals surface area contributed by atoms with Crippen molar-refractivity contribution in [1.82, 2.24) is 0 Å². The Bertz CT molecular complexity index is 1150. The van der Waals surface area contributed by atoms with Crippen LogP contribution >= 0.6 is 0 Å². The number of nitrogens with one attached hydrogen (secondary N) is 2. The van der Waals surface area contributed by atoms with Crippen molar-refractivity contribution in [2.45, 2.75) is 0 Å². The van der Waals surface area contributed by atoms with E-state index in [1.54, 1.807) is 66.7 Å². The molecular weight excluding hydrogens is 382 g/mol. The summed E-state index contributed by atoms with van der Waals surface area (Å²) in [5.74, 6) is 0.557. The fourth-order valence-corrected chi connectivity index (χ4v) is 2.98. The highest BCUT2D eigenvalue weighted by atomic mass is 16.6. The highest BCUT2D eigenvalue weighted by molar-refractivity contribution is 6.07. The van der Waals surface area contributed by atoms with Crippen LogP contribution in [0.3, 0.4) is 0 Å². The Morgan fingerprint density at radius 1 is 0.800 bits per heavy atom. The Balaban J connectivity index is 1.43. The Morgan fingerprint density at radius 3 is 2.13 bits per heavy atom. The number of carbonyl (C=O) groups is 2. The van der Waals surface area contributed by atoms with E-state index in [0.29, 0.717) is 52.8 Å². The SMILES string of the molecule is N#Cc1ccccc1NC(=O)c1ccc(C(=O)Nc2ccc3c(c2)OCCO3)cc1. The Labute approximate surface area is 172 Å². The molecule has 30 heavy (non-hydrogen) atoms. The maximum Gasteiger partial charge on any atom is 0.255 e. The zero-order valence-corrected chi connectivity index (χ0v) is 15.8. The van der Waals surface area contributed by atoms with E-state index in [4.69, 9.17) is 14.7 Å². The summed E-state index contributed by atoms with van der Waals surface area (Å²) in [4.78, 5) is 25.0. The summed E-state index contributed by atoms with van der Waals surface area (Å²) < 4.78 is 11.0. The lowest BCUT2D eigenvalue weighted by atomic mass is 10.1. The van der Waals surface area contributed by atoms with Crippen LogP contribution in [-0.2, 0) is 0 Å². The number of ether oxygens (including phenoxy) is 2. The third-order valence-corrected chi connectivity index (χ3v) is 4.51. The van der Waals surface area contributed by atoms with Crippen molar-refractivity contribution in [3.05, 3.63) is 83.4 Å². The van der Waals surface area contributed by atoms with E-state index in [1.165, 1.54) is 0 Å². The molecule has 7 nitrogen and oxygen atoms in total. The number of benzene rings is 3. The molecule has 0 fully saturated rings. The second-order valence-electron chi connectivity index (χ2n) is 6.50. The molecule has 0 aliphatic carbocycles. The maximum absolute atomic E-state index is 12.5. The van der Waals surface area contributed by atoms with E-state index in [0.717, 1.165) is 0 Å². The van der Waals surface area contributed by atoms with Gasteiger partial charge in [0.25, 0.3) is 11.8 Å². The van der Waals surface area contributed by atoms with Crippen molar-refractivity contribution in [2.75, 3.05) is 23.8 Å². The standard InChI is InChI=1S/C23H17N3O4/c24-14-17-3-1-2-4-19(17)26-23(28)16-7-5-15(6-8-16)22(27)25-18-9-10-20-21(13-18)30-12-11-29-20/h1-10,13H,11-12H2,(H,25,27)(H,26,28). The van der Waals surface area contributed by atoms with Crippen LogP contribution in [0.25, 0.3) is 0 Å². The van der Waals surface area contributed by atoms with E-state index in [1.807, 2.05) is 6.07 Å². The van der Waals surface area contributed by atoms with Gasteiger partial charge in [-0.1, -0.05) is 12.1 Å². The lowest BCUT2D eigenvalue weighted by molar-refractivity contribution is 0.101. The number of nitrogens with zero attached hydrogens (tertiary/aromatic N) is 1. The number of hydrogen-bond acceptors (Lipinski definition) is 5. The van der Waals surface area contributed by atoms with Crippen LogP contribution in [0.15, 0.2) is 66.7 Å². The predicted molar refractivity (Wildman–Crippen MR) is 111 cm³/mol. The molecule has 0 radical (unpaired) electrons. The van der Waals surface area contributed by atoms with E-state index in [-0.39, 0.29) is 11.8 Å². The van der Waals surface area contributed by atoms with Crippen LogP contribution in [0.5, 0.6) is 11.5 Å². The highest BCUT2D eigenvalue weighted by Crippen LogP contribution is 2.32. The normalized spacial score (nSPS) is 11.8. The van der Waals surface area contributed by atoms with E-state index in [9.17, 15) is 9.59 Å². The molecule has 7 heteroatoms. The summed E-state index contributed by atoms with van der Waals surface area (Å²) in [5, 5.41) is 14.6. The van der Waals surface area contributed by atoms with Gasteiger partial charge in [-0.3, -0.25) is 9.59 Å². The Morgan fingerprint density at radius 2 is 1.43 bits per heavy atom. The van der Waals surface area contributed by atoms with E-state index in [2.05, 4.69) is 10.6 Å². The lowest BCUT2D eigenvalue weighted by Gasteiger charge is -2.19. The van der Waals surface area contributed by atoms with Gasteiger partial charge < -0.3 is 20.1 Å². The minimum absolute atomic E-state index is 0.312. The fraction of sp³-hybridized carbons (Fsp3) is 0.0870. The topological polar surface area (TPSA) is 100 Å². The van der Waals surface area contributed by atoms with E-state index < -0.39 is 0 Å². The zero-order chi connectivity index (χ0) is 20.9. The van der Waals surface area contributed by atoms with Gasteiger partial charge in [0, 0.05) is 22.9 Å². The maximum atomic E-state index is 12.5. The molecule has 3 aromatic rings. The molecule has 1 aliphatic rings. The molecule has 148 valence electrons. The molecule has 0 saturated carbocycles. The summed E-state index contributed by atoms with van der Waals surface area (Å²) >= 11 is 0. The van der Waals surface area contributed by atoms with Crippen molar-refractivity contribution in [3.8, 4) is 17.6 Å². The molecule has 1 aliphatic heterocycles. The molecule has 4 rings (SSSR count). The molecule has 2 amide bonds. The second-order valence-corrected chi connectivity index (χ2v) is 6.50. The number of para-hydroxylation sites is 1. The van der Waals surface area contributed by atoms with Crippen LogP contribution in [0.2, 0.25) is 0 Å². The molecule has 3 aromatic carbocycles. The highest BCUT2D eigenvalue weighted by Gasteiger charge is 2.14. The fourth-order valence-electron chi connectivity index (χ4n) is 2.98. The van der Waals surface area contributed by atoms with Gasteiger partial charge in [0.15, 0.2) is 11.5 Å². The average molecular weight is 399 g/mol. The molecule has 0 spiro atoms. The molecule has 0 atom stereocenters. The smallest absolute Gasteiger partial charge is 0.255 e. The van der Waals surface area contributed by atoms with Crippen molar-refractivity contribution in [1.29, 1.82) is 5.26 Å². The quantitative estimate of drug-likeness (QED) is 0.694. The first-order valence-electron chi connectivity index (χ1n) is 9.25. The number of nitriles is 1. The predicted octanol–water partition coefficient (Wildman–Crippen LogP) is 3.83. The molecule has 0 aromatic heterocycles. The summed E-state index contributed by atoms with van der Waals surface area (Å²) in [6.07, 6.45) is 0. The van der Waals surface area contributed by atoms with Gasteiger partial charge in [0.1, 0.15) is 19.3 Å². The van der Waals surface area contributed by atoms with Crippen molar-refractivity contribution >= 4 is 23.2 Å². The first-order valence-corrected chi connectivity index (χ1v) is 9.25. The van der Waals surface area contributed by atoms with E-state index >= 15 is 0 Å². The number of amides is 2. The van der Waals surface area contributed by atoms with Gasteiger partial charge in [0.05, 0.1) is 11.3 Å². The summed E-state index contributed by atoms with van der Waals surface area (Å²) in [6.45, 7) is 0.966. The molecule has 1 heterocycles. The second kappa shape index (κ2) is 8.37. The summed E-state index contributed by atoms with van der Waals surface area (Å²) in [6, 6.07) is 20.2. The molecule has 2 N–H and O–H groups in total. The van der Waals surface area contributed by atoms with Crippen molar-refractivity contribution in [3.63, 3.8) is 0 Å². The molecule has 0 unspecified atom stereocenters. The Kier molecular flexibility index (Phi) is 5.31. The third-order valence-electron chi connectivity index (χ3n) is 4.51. The monoisotopic (exact) mass is 399 g/mol. The lowest BCUT2D eigenvalue weighted by Crippen LogP contribution is -2.17. The summed E-state index contributed by atoms with van der Waals surface area (Å²) in [5.41, 5.74) is 2.17.